The Labute approximate surface area is 104 Å². The van der Waals surface area contributed by atoms with Gasteiger partial charge in [-0.1, -0.05) is 17.7 Å². The summed E-state index contributed by atoms with van der Waals surface area (Å²) in [5.41, 5.74) is 6.68. The van der Waals surface area contributed by atoms with Crippen LogP contribution < -0.4 is 10.5 Å². The van der Waals surface area contributed by atoms with E-state index >= 15 is 0 Å². The van der Waals surface area contributed by atoms with Gasteiger partial charge in [-0.25, -0.2) is 4.98 Å². The second-order valence-electron chi connectivity index (χ2n) is 3.71. The first-order valence-corrected chi connectivity index (χ1v) is 5.47. The minimum absolute atomic E-state index is 0.372. The molecule has 0 aliphatic heterocycles. The average Bonchev–Trinajstić information content (AvgIpc) is 2.22. The molecule has 0 aliphatic carbocycles. The molecule has 0 atom stereocenters. The van der Waals surface area contributed by atoms with Crippen LogP contribution in [0.15, 0.2) is 24.3 Å². The average molecular weight is 250 g/mol. The van der Waals surface area contributed by atoms with E-state index in [4.69, 9.17) is 22.1 Å². The van der Waals surface area contributed by atoms with Gasteiger partial charge in [0, 0.05) is 6.07 Å². The Morgan fingerprint density at radius 3 is 2.65 bits per heavy atom. The molecule has 0 fully saturated rings. The maximum Gasteiger partial charge on any atom is 0.224 e. The number of nitrogens with two attached hydrogens (primary N) is 1. The van der Waals surface area contributed by atoms with Crippen LogP contribution in [0.5, 0.6) is 11.6 Å². The maximum atomic E-state index is 6.03. The lowest BCUT2D eigenvalue weighted by Gasteiger charge is -2.08. The normalized spacial score (nSPS) is 10.3. The summed E-state index contributed by atoms with van der Waals surface area (Å²) in [7, 11) is 0. The first kappa shape index (κ1) is 11.7. The fraction of sp³-hybridized carbons (Fsp3) is 0.167. The molecule has 17 heavy (non-hydrogen) atoms. The summed E-state index contributed by atoms with van der Waals surface area (Å²) in [4.78, 5) is 8.10. The Morgan fingerprint density at radius 1 is 1.18 bits per heavy atom. The Morgan fingerprint density at radius 2 is 1.94 bits per heavy atom. The van der Waals surface area contributed by atoms with E-state index in [9.17, 15) is 0 Å². The standard InChI is InChI=1S/C12H12ClN3O/c1-7-3-4-9(13)10(5-7)17-12-6-11(14)15-8(2)16-12/h3-6H,1-2H3,(H2,14,15,16). The number of ether oxygens (including phenoxy) is 1. The Hall–Kier alpha value is -1.81. The fourth-order valence-corrected chi connectivity index (χ4v) is 1.57. The molecule has 2 N–H and O–H groups in total. The number of hydrogen-bond acceptors (Lipinski definition) is 4. The molecule has 2 rings (SSSR count). The smallest absolute Gasteiger partial charge is 0.224 e. The van der Waals surface area contributed by atoms with E-state index in [0.29, 0.717) is 28.3 Å². The predicted molar refractivity (Wildman–Crippen MR) is 67.4 cm³/mol. The predicted octanol–water partition coefficient (Wildman–Crippen LogP) is 3.12. The van der Waals surface area contributed by atoms with Crippen LogP contribution in [-0.4, -0.2) is 9.97 Å². The van der Waals surface area contributed by atoms with Crippen LogP contribution in [0.2, 0.25) is 5.02 Å². The van der Waals surface area contributed by atoms with Crippen LogP contribution in [0.4, 0.5) is 5.82 Å². The molecular formula is C12H12ClN3O. The number of nitrogens with zero attached hydrogens (tertiary/aromatic N) is 2. The lowest BCUT2D eigenvalue weighted by atomic mass is 10.2. The van der Waals surface area contributed by atoms with Crippen molar-refractivity contribution < 1.29 is 4.74 Å². The number of anilines is 1. The third-order valence-electron chi connectivity index (χ3n) is 2.14. The molecule has 0 amide bonds. The zero-order chi connectivity index (χ0) is 12.4. The van der Waals surface area contributed by atoms with E-state index in [2.05, 4.69) is 9.97 Å². The molecule has 0 aliphatic rings. The van der Waals surface area contributed by atoms with Crippen molar-refractivity contribution >= 4 is 17.4 Å². The van der Waals surface area contributed by atoms with Gasteiger partial charge in [0.15, 0.2) is 0 Å². The highest BCUT2D eigenvalue weighted by Gasteiger charge is 2.06. The van der Waals surface area contributed by atoms with Gasteiger partial charge in [-0.05, 0) is 31.5 Å². The first-order valence-electron chi connectivity index (χ1n) is 5.10. The second-order valence-corrected chi connectivity index (χ2v) is 4.12. The zero-order valence-corrected chi connectivity index (χ0v) is 10.3. The largest absolute Gasteiger partial charge is 0.437 e. The van der Waals surface area contributed by atoms with Crippen LogP contribution in [0.1, 0.15) is 11.4 Å². The molecule has 0 spiro atoms. The molecule has 1 aromatic heterocycles. The number of halogens is 1. The van der Waals surface area contributed by atoms with Gasteiger partial charge >= 0.3 is 0 Å². The number of aromatic nitrogens is 2. The van der Waals surface area contributed by atoms with Gasteiger partial charge in [0.1, 0.15) is 17.4 Å². The van der Waals surface area contributed by atoms with Crippen molar-refractivity contribution in [2.24, 2.45) is 0 Å². The third-order valence-corrected chi connectivity index (χ3v) is 2.45. The van der Waals surface area contributed by atoms with Gasteiger partial charge in [0.25, 0.3) is 0 Å². The fourth-order valence-electron chi connectivity index (χ4n) is 1.42. The van der Waals surface area contributed by atoms with Gasteiger partial charge in [0.05, 0.1) is 5.02 Å². The molecule has 4 nitrogen and oxygen atoms in total. The van der Waals surface area contributed by atoms with E-state index < -0.39 is 0 Å². The minimum Gasteiger partial charge on any atom is -0.437 e. The van der Waals surface area contributed by atoms with Crippen molar-refractivity contribution in [1.82, 2.24) is 9.97 Å². The molecule has 88 valence electrons. The highest BCUT2D eigenvalue weighted by atomic mass is 35.5. The van der Waals surface area contributed by atoms with Gasteiger partial charge in [0.2, 0.25) is 5.88 Å². The lowest BCUT2D eigenvalue weighted by molar-refractivity contribution is 0.460. The van der Waals surface area contributed by atoms with Crippen molar-refractivity contribution in [2.45, 2.75) is 13.8 Å². The number of rotatable bonds is 2. The van der Waals surface area contributed by atoms with E-state index in [1.165, 1.54) is 0 Å². The summed E-state index contributed by atoms with van der Waals surface area (Å²) in [6.45, 7) is 3.71. The van der Waals surface area contributed by atoms with E-state index in [1.807, 2.05) is 19.1 Å². The number of aryl methyl sites for hydroxylation is 2. The van der Waals surface area contributed by atoms with Crippen LogP contribution in [0.3, 0.4) is 0 Å². The molecule has 1 heterocycles. The van der Waals surface area contributed by atoms with Gasteiger partial charge in [-0.3, -0.25) is 0 Å². The summed E-state index contributed by atoms with van der Waals surface area (Å²) < 4.78 is 5.59. The zero-order valence-electron chi connectivity index (χ0n) is 9.57. The quantitative estimate of drug-likeness (QED) is 0.888. The van der Waals surface area contributed by atoms with Crippen molar-refractivity contribution in [2.75, 3.05) is 5.73 Å². The topological polar surface area (TPSA) is 61.0 Å². The molecule has 0 saturated heterocycles. The molecule has 1 aromatic carbocycles. The van der Waals surface area contributed by atoms with Crippen LogP contribution >= 0.6 is 11.6 Å². The molecule has 2 aromatic rings. The summed E-state index contributed by atoms with van der Waals surface area (Å²) in [5.74, 6) is 1.88. The highest BCUT2D eigenvalue weighted by Crippen LogP contribution is 2.29. The van der Waals surface area contributed by atoms with Crippen molar-refractivity contribution in [3.8, 4) is 11.6 Å². The number of benzene rings is 1. The number of nitrogen functional groups attached to an aromatic ring is 1. The van der Waals surface area contributed by atoms with Gasteiger partial charge < -0.3 is 10.5 Å². The minimum atomic E-state index is 0.372. The molecule has 5 heteroatoms. The molecule has 0 unspecified atom stereocenters. The Kier molecular flexibility index (Phi) is 3.15. The Balaban J connectivity index is 2.34. The van der Waals surface area contributed by atoms with Crippen molar-refractivity contribution in [1.29, 1.82) is 0 Å². The van der Waals surface area contributed by atoms with E-state index in [-0.39, 0.29) is 0 Å². The van der Waals surface area contributed by atoms with Crippen LogP contribution in [0, 0.1) is 13.8 Å². The highest BCUT2D eigenvalue weighted by molar-refractivity contribution is 6.32. The summed E-state index contributed by atoms with van der Waals surface area (Å²) in [6, 6.07) is 7.10. The molecule has 0 radical (unpaired) electrons. The summed E-state index contributed by atoms with van der Waals surface area (Å²) >= 11 is 6.03. The third kappa shape index (κ3) is 2.85. The maximum absolute atomic E-state index is 6.03. The van der Waals surface area contributed by atoms with E-state index in [1.54, 1.807) is 19.1 Å². The second kappa shape index (κ2) is 4.59. The summed E-state index contributed by atoms with van der Waals surface area (Å²) in [6.07, 6.45) is 0. The molecule has 0 bridgehead atoms. The van der Waals surface area contributed by atoms with E-state index in [0.717, 1.165) is 5.56 Å². The molecular weight excluding hydrogens is 238 g/mol. The Bertz CT molecular complexity index is 537. The lowest BCUT2D eigenvalue weighted by Crippen LogP contribution is -1.98. The van der Waals surface area contributed by atoms with Crippen molar-refractivity contribution in [3.05, 3.63) is 40.7 Å². The van der Waals surface area contributed by atoms with Crippen LogP contribution in [0.25, 0.3) is 0 Å². The van der Waals surface area contributed by atoms with Crippen LogP contribution in [-0.2, 0) is 0 Å². The van der Waals surface area contributed by atoms with Gasteiger partial charge in [-0.2, -0.15) is 4.98 Å². The summed E-state index contributed by atoms with van der Waals surface area (Å²) in [5, 5.41) is 0.533. The SMILES string of the molecule is Cc1ccc(Cl)c(Oc2cc(N)nc(C)n2)c1. The first-order chi connectivity index (χ1) is 8.04. The van der Waals surface area contributed by atoms with Gasteiger partial charge in [-0.15, -0.1) is 0 Å². The number of hydrogen-bond donors (Lipinski definition) is 1. The van der Waals surface area contributed by atoms with Crippen molar-refractivity contribution in [3.63, 3.8) is 0 Å². The molecule has 0 saturated carbocycles. The monoisotopic (exact) mass is 249 g/mol.